The van der Waals surface area contributed by atoms with Crippen LogP contribution in [0.4, 0.5) is 0 Å². The Morgan fingerprint density at radius 3 is 3.09 bits per heavy atom. The van der Waals surface area contributed by atoms with Gasteiger partial charge in [-0.2, -0.15) is 0 Å². The molecule has 0 saturated heterocycles. The van der Waals surface area contributed by atoms with E-state index in [1.165, 1.54) is 19.3 Å². The smallest absolute Gasteiger partial charge is 0.183 e. The van der Waals surface area contributed by atoms with Gasteiger partial charge in [0.05, 0.1) is 7.11 Å². The van der Waals surface area contributed by atoms with Gasteiger partial charge in [-0.3, -0.25) is 4.99 Å². The van der Waals surface area contributed by atoms with Gasteiger partial charge in [0.1, 0.15) is 0 Å². The van der Waals surface area contributed by atoms with Crippen molar-refractivity contribution < 1.29 is 4.74 Å². The molecule has 0 aromatic carbocycles. The molecule has 2 heteroatoms. The molecule has 1 aliphatic rings. The summed E-state index contributed by atoms with van der Waals surface area (Å²) in [6, 6.07) is 0. The van der Waals surface area contributed by atoms with Crippen LogP contribution in [0.2, 0.25) is 0 Å². The number of methoxy groups -OCH3 is 1. The fourth-order valence-corrected chi connectivity index (χ4v) is 1.59. The molecule has 2 nitrogen and oxygen atoms in total. The molecule has 0 N–H and O–H groups in total. The van der Waals surface area contributed by atoms with Crippen LogP contribution in [0.1, 0.15) is 32.6 Å². The zero-order valence-electron chi connectivity index (χ0n) is 7.47. The van der Waals surface area contributed by atoms with E-state index in [0.717, 1.165) is 24.8 Å². The highest BCUT2D eigenvalue weighted by Gasteiger charge is 2.15. The predicted octanol–water partition coefficient (Wildman–Crippen LogP) is 2.24. The first kappa shape index (κ1) is 8.57. The molecule has 1 atom stereocenters. The zero-order chi connectivity index (χ0) is 8.10. The number of nitrogens with zero attached hydrogens (tertiary/aromatic N) is 1. The Labute approximate surface area is 68.7 Å². The number of hydrogen-bond donors (Lipinski definition) is 0. The van der Waals surface area contributed by atoms with Crippen LogP contribution >= 0.6 is 0 Å². The van der Waals surface area contributed by atoms with Crippen molar-refractivity contribution in [2.45, 2.75) is 32.6 Å². The second kappa shape index (κ2) is 4.37. The summed E-state index contributed by atoms with van der Waals surface area (Å²) in [5.74, 6) is 1.78. The molecule has 11 heavy (non-hydrogen) atoms. The Kier molecular flexibility index (Phi) is 3.40. The molecule has 0 aliphatic carbocycles. The highest BCUT2D eigenvalue weighted by atomic mass is 16.5. The lowest BCUT2D eigenvalue weighted by Gasteiger charge is -2.19. The minimum atomic E-state index is 0.826. The second-order valence-electron chi connectivity index (χ2n) is 3.13. The standard InChI is InChI=1S/C9H17NO/c1-3-4-8-5-6-10-9(7-8)11-2/h8H,3-7H2,1-2H3. The van der Waals surface area contributed by atoms with Gasteiger partial charge >= 0.3 is 0 Å². The molecular weight excluding hydrogens is 138 g/mol. The second-order valence-corrected chi connectivity index (χ2v) is 3.13. The van der Waals surface area contributed by atoms with Crippen LogP contribution in [0.25, 0.3) is 0 Å². The van der Waals surface area contributed by atoms with E-state index in [2.05, 4.69) is 11.9 Å². The first-order chi connectivity index (χ1) is 5.36. The first-order valence-corrected chi connectivity index (χ1v) is 4.44. The van der Waals surface area contributed by atoms with Crippen LogP contribution in [-0.2, 0) is 4.74 Å². The normalized spacial score (nSPS) is 24.5. The Morgan fingerprint density at radius 2 is 2.45 bits per heavy atom. The summed E-state index contributed by atoms with van der Waals surface area (Å²) >= 11 is 0. The van der Waals surface area contributed by atoms with Crippen LogP contribution in [0.15, 0.2) is 4.99 Å². The first-order valence-electron chi connectivity index (χ1n) is 4.44. The number of hydrogen-bond acceptors (Lipinski definition) is 2. The van der Waals surface area contributed by atoms with Gasteiger partial charge in [-0.25, -0.2) is 0 Å². The number of rotatable bonds is 2. The minimum Gasteiger partial charge on any atom is -0.484 e. The molecule has 1 aliphatic heterocycles. The van der Waals surface area contributed by atoms with Crippen molar-refractivity contribution in [3.63, 3.8) is 0 Å². The molecular formula is C9H17NO. The van der Waals surface area contributed by atoms with E-state index in [-0.39, 0.29) is 0 Å². The minimum absolute atomic E-state index is 0.826. The number of aliphatic imine (C=N–C) groups is 1. The Morgan fingerprint density at radius 1 is 1.64 bits per heavy atom. The molecule has 1 heterocycles. The third-order valence-corrected chi connectivity index (χ3v) is 2.22. The molecule has 0 bridgehead atoms. The molecule has 0 spiro atoms. The molecule has 0 fully saturated rings. The SMILES string of the molecule is CCCC1CCN=C(OC)C1. The molecule has 1 unspecified atom stereocenters. The largest absolute Gasteiger partial charge is 0.484 e. The highest BCUT2D eigenvalue weighted by molar-refractivity contribution is 5.76. The van der Waals surface area contributed by atoms with E-state index >= 15 is 0 Å². The number of ether oxygens (including phenoxy) is 1. The van der Waals surface area contributed by atoms with Crippen molar-refractivity contribution in [3.05, 3.63) is 0 Å². The monoisotopic (exact) mass is 155 g/mol. The van der Waals surface area contributed by atoms with Crippen LogP contribution in [0.3, 0.4) is 0 Å². The lowest BCUT2D eigenvalue weighted by molar-refractivity contribution is 0.342. The Hall–Kier alpha value is -0.530. The van der Waals surface area contributed by atoms with Gasteiger partial charge in [-0.05, 0) is 12.3 Å². The van der Waals surface area contributed by atoms with Crippen LogP contribution in [0, 0.1) is 5.92 Å². The van der Waals surface area contributed by atoms with Crippen molar-refractivity contribution in [2.75, 3.05) is 13.7 Å². The topological polar surface area (TPSA) is 21.6 Å². The fraction of sp³-hybridized carbons (Fsp3) is 0.889. The van der Waals surface area contributed by atoms with Gasteiger partial charge in [0.2, 0.25) is 0 Å². The molecule has 0 radical (unpaired) electrons. The maximum atomic E-state index is 5.12. The van der Waals surface area contributed by atoms with Crippen LogP contribution in [0.5, 0.6) is 0 Å². The zero-order valence-corrected chi connectivity index (χ0v) is 7.47. The van der Waals surface area contributed by atoms with Gasteiger partial charge in [0, 0.05) is 13.0 Å². The van der Waals surface area contributed by atoms with Gasteiger partial charge < -0.3 is 4.74 Å². The summed E-state index contributed by atoms with van der Waals surface area (Å²) in [5, 5.41) is 0. The summed E-state index contributed by atoms with van der Waals surface area (Å²) in [5.41, 5.74) is 0. The van der Waals surface area contributed by atoms with Gasteiger partial charge in [-0.15, -0.1) is 0 Å². The maximum absolute atomic E-state index is 5.12. The van der Waals surface area contributed by atoms with E-state index in [9.17, 15) is 0 Å². The van der Waals surface area contributed by atoms with E-state index < -0.39 is 0 Å². The van der Waals surface area contributed by atoms with Crippen molar-refractivity contribution in [2.24, 2.45) is 10.9 Å². The maximum Gasteiger partial charge on any atom is 0.183 e. The Balaban J connectivity index is 2.33. The van der Waals surface area contributed by atoms with Crippen molar-refractivity contribution in [1.29, 1.82) is 0 Å². The third-order valence-electron chi connectivity index (χ3n) is 2.22. The Bertz CT molecular complexity index is 142. The van der Waals surface area contributed by atoms with Gasteiger partial charge in [-0.1, -0.05) is 19.8 Å². The quantitative estimate of drug-likeness (QED) is 0.599. The van der Waals surface area contributed by atoms with E-state index in [4.69, 9.17) is 4.74 Å². The van der Waals surface area contributed by atoms with E-state index in [1.807, 2.05) is 0 Å². The summed E-state index contributed by atoms with van der Waals surface area (Å²) in [6.45, 7) is 3.20. The van der Waals surface area contributed by atoms with Gasteiger partial charge in [0.15, 0.2) is 5.90 Å². The molecule has 0 amide bonds. The molecule has 0 saturated carbocycles. The molecule has 0 aromatic heterocycles. The van der Waals surface area contributed by atoms with Crippen LogP contribution in [-0.4, -0.2) is 19.6 Å². The van der Waals surface area contributed by atoms with Gasteiger partial charge in [0.25, 0.3) is 0 Å². The predicted molar refractivity (Wildman–Crippen MR) is 46.9 cm³/mol. The van der Waals surface area contributed by atoms with E-state index in [1.54, 1.807) is 7.11 Å². The molecule has 1 rings (SSSR count). The van der Waals surface area contributed by atoms with Crippen molar-refractivity contribution in [3.8, 4) is 0 Å². The third kappa shape index (κ3) is 2.52. The average molecular weight is 155 g/mol. The summed E-state index contributed by atoms with van der Waals surface area (Å²) < 4.78 is 5.12. The van der Waals surface area contributed by atoms with Crippen molar-refractivity contribution in [1.82, 2.24) is 0 Å². The lowest BCUT2D eigenvalue weighted by Crippen LogP contribution is -2.17. The average Bonchev–Trinajstić information content (AvgIpc) is 2.06. The molecule has 64 valence electrons. The summed E-state index contributed by atoms with van der Waals surface area (Å²) in [7, 11) is 1.72. The lowest BCUT2D eigenvalue weighted by atomic mass is 9.94. The highest BCUT2D eigenvalue weighted by Crippen LogP contribution is 2.20. The summed E-state index contributed by atoms with van der Waals surface area (Å²) in [4.78, 5) is 4.27. The van der Waals surface area contributed by atoms with Crippen LogP contribution < -0.4 is 0 Å². The summed E-state index contributed by atoms with van der Waals surface area (Å²) in [6.07, 6.45) is 4.91. The fourth-order valence-electron chi connectivity index (χ4n) is 1.59. The van der Waals surface area contributed by atoms with Crippen molar-refractivity contribution >= 4 is 5.90 Å². The van der Waals surface area contributed by atoms with E-state index in [0.29, 0.717) is 0 Å². The molecule has 0 aromatic rings.